The van der Waals surface area contributed by atoms with Crippen LogP contribution in [0.1, 0.15) is 11.1 Å². The fourth-order valence-corrected chi connectivity index (χ4v) is 4.91. The van der Waals surface area contributed by atoms with Crippen molar-refractivity contribution in [2.45, 2.75) is 30.5 Å². The molecule has 2 aliphatic heterocycles. The quantitative estimate of drug-likeness (QED) is 0.527. The highest BCUT2D eigenvalue weighted by atomic mass is 32.2. The fourth-order valence-electron chi connectivity index (χ4n) is 3.60. The molecule has 2 saturated heterocycles. The molecule has 2 fully saturated rings. The topological polar surface area (TPSA) is 84.9 Å². The molecule has 2 heterocycles. The Labute approximate surface area is 184 Å². The van der Waals surface area contributed by atoms with Crippen LogP contribution in [0.5, 0.6) is 5.75 Å². The van der Waals surface area contributed by atoms with Crippen molar-refractivity contribution in [3.8, 4) is 5.75 Å². The number of carbonyl (C=O) groups excluding carboxylic acids is 3. The number of esters is 1. The van der Waals surface area contributed by atoms with Gasteiger partial charge in [0.2, 0.25) is 11.8 Å². The van der Waals surface area contributed by atoms with Crippen LogP contribution in [0, 0.1) is 0 Å². The van der Waals surface area contributed by atoms with Gasteiger partial charge in [0.05, 0.1) is 13.5 Å². The van der Waals surface area contributed by atoms with Gasteiger partial charge in [0.15, 0.2) is 6.04 Å². The molecule has 160 valence electrons. The van der Waals surface area contributed by atoms with Crippen molar-refractivity contribution in [2.24, 2.45) is 0 Å². The molecule has 2 aliphatic rings. The minimum atomic E-state index is -0.844. The number of hydrogen-bond acceptors (Lipinski definition) is 6. The molecular formula is C23H22N2O5S. The van der Waals surface area contributed by atoms with Crippen molar-refractivity contribution in [3.05, 3.63) is 77.2 Å². The first-order chi connectivity index (χ1) is 15.0. The lowest BCUT2D eigenvalue weighted by atomic mass is 10.0. The van der Waals surface area contributed by atoms with E-state index in [4.69, 9.17) is 9.47 Å². The maximum atomic E-state index is 12.7. The Hall–Kier alpha value is -3.26. The van der Waals surface area contributed by atoms with Gasteiger partial charge in [0, 0.05) is 4.91 Å². The molecule has 2 aromatic carbocycles. The van der Waals surface area contributed by atoms with E-state index in [1.54, 1.807) is 31.4 Å². The monoisotopic (exact) mass is 438 g/mol. The van der Waals surface area contributed by atoms with Crippen molar-refractivity contribution in [1.29, 1.82) is 0 Å². The number of thioether (sulfide) groups is 1. The first-order valence-electron chi connectivity index (χ1n) is 9.78. The van der Waals surface area contributed by atoms with Crippen LogP contribution in [-0.4, -0.2) is 47.3 Å². The molecule has 0 bridgehead atoms. The summed E-state index contributed by atoms with van der Waals surface area (Å²) in [5.74, 6) is -0.354. The van der Waals surface area contributed by atoms with Gasteiger partial charge < -0.3 is 19.7 Å². The summed E-state index contributed by atoms with van der Waals surface area (Å²) in [4.78, 5) is 39.6. The van der Waals surface area contributed by atoms with Crippen LogP contribution in [0.2, 0.25) is 0 Å². The van der Waals surface area contributed by atoms with E-state index in [-0.39, 0.29) is 30.2 Å². The van der Waals surface area contributed by atoms with Crippen LogP contribution in [0.25, 0.3) is 0 Å². The number of rotatable bonds is 7. The van der Waals surface area contributed by atoms with Gasteiger partial charge >= 0.3 is 5.97 Å². The molecule has 0 aliphatic carbocycles. The number of amides is 2. The molecule has 3 atom stereocenters. The highest BCUT2D eigenvalue weighted by Gasteiger charge is 2.59. The van der Waals surface area contributed by atoms with Crippen LogP contribution in [0.4, 0.5) is 0 Å². The highest BCUT2D eigenvalue weighted by molar-refractivity contribution is 8.04. The molecule has 1 N–H and O–H groups in total. The van der Waals surface area contributed by atoms with Crippen LogP contribution in [-0.2, 0) is 32.1 Å². The van der Waals surface area contributed by atoms with Crippen LogP contribution in [0.3, 0.4) is 0 Å². The van der Waals surface area contributed by atoms with E-state index in [1.807, 2.05) is 30.3 Å². The number of ether oxygens (including phenoxy) is 2. The lowest BCUT2D eigenvalue weighted by Gasteiger charge is -2.43. The third kappa shape index (κ3) is 4.29. The lowest BCUT2D eigenvalue weighted by molar-refractivity contribution is -0.162. The minimum absolute atomic E-state index is 0.0845. The summed E-state index contributed by atoms with van der Waals surface area (Å²) in [6.45, 7) is 4.01. The van der Waals surface area contributed by atoms with Gasteiger partial charge in [0.1, 0.15) is 23.8 Å². The van der Waals surface area contributed by atoms with Gasteiger partial charge in [-0.05, 0) is 23.3 Å². The number of benzene rings is 2. The first-order valence-corrected chi connectivity index (χ1v) is 10.7. The van der Waals surface area contributed by atoms with Crippen LogP contribution in [0.15, 0.2) is 66.1 Å². The second-order valence-electron chi connectivity index (χ2n) is 7.29. The summed E-state index contributed by atoms with van der Waals surface area (Å²) in [5, 5.41) is 2.43. The van der Waals surface area contributed by atoms with Gasteiger partial charge in [-0.2, -0.15) is 0 Å². The normalized spacial score (nSPS) is 21.8. The molecule has 2 amide bonds. The standard InChI is InChI=1S/C23H22N2O5S/c1-14-20(23(28)30-13-16-8-10-17(29-2)11-9-16)25-21(27)19(22(25)31-14)24-18(26)12-15-6-4-3-5-7-15/h3-11,19-20,22H,1,12-13H2,2H3,(H,24,26). The molecule has 2 aromatic rings. The molecule has 8 heteroatoms. The zero-order valence-corrected chi connectivity index (χ0v) is 17.8. The smallest absolute Gasteiger partial charge is 0.334 e. The molecular weight excluding hydrogens is 416 g/mol. The van der Waals surface area contributed by atoms with E-state index in [9.17, 15) is 14.4 Å². The summed E-state index contributed by atoms with van der Waals surface area (Å²) in [6.07, 6.45) is 0.191. The molecule has 3 unspecified atom stereocenters. The molecule has 0 spiro atoms. The Morgan fingerprint density at radius 1 is 1.10 bits per heavy atom. The van der Waals surface area contributed by atoms with E-state index in [0.29, 0.717) is 10.7 Å². The van der Waals surface area contributed by atoms with Crippen molar-refractivity contribution >= 4 is 29.5 Å². The van der Waals surface area contributed by atoms with Crippen molar-refractivity contribution in [3.63, 3.8) is 0 Å². The van der Waals surface area contributed by atoms with Gasteiger partial charge in [-0.25, -0.2) is 4.79 Å². The van der Waals surface area contributed by atoms with Crippen molar-refractivity contribution < 1.29 is 23.9 Å². The van der Waals surface area contributed by atoms with Gasteiger partial charge in [0.25, 0.3) is 0 Å². The Morgan fingerprint density at radius 3 is 2.48 bits per heavy atom. The van der Waals surface area contributed by atoms with Crippen LogP contribution < -0.4 is 10.1 Å². The van der Waals surface area contributed by atoms with E-state index in [2.05, 4.69) is 11.9 Å². The van der Waals surface area contributed by atoms with Gasteiger partial charge in [-0.1, -0.05) is 49.0 Å². The SMILES string of the molecule is C=C1SC2C(NC(=O)Cc3ccccc3)C(=O)N2C1C(=O)OCc1ccc(OC)cc1. The zero-order chi connectivity index (χ0) is 22.0. The Morgan fingerprint density at radius 2 is 1.81 bits per heavy atom. The summed E-state index contributed by atoms with van der Waals surface area (Å²) >= 11 is 1.32. The minimum Gasteiger partial charge on any atom is -0.497 e. The number of β-lactam (4-membered cyclic amide) rings is 1. The molecule has 0 saturated carbocycles. The second kappa shape index (κ2) is 8.85. The molecule has 0 aromatic heterocycles. The largest absolute Gasteiger partial charge is 0.497 e. The summed E-state index contributed by atoms with van der Waals surface area (Å²) in [7, 11) is 1.58. The van der Waals surface area contributed by atoms with Crippen molar-refractivity contribution in [2.75, 3.05) is 7.11 Å². The van der Waals surface area contributed by atoms with Crippen molar-refractivity contribution in [1.82, 2.24) is 10.2 Å². The van der Waals surface area contributed by atoms with E-state index in [0.717, 1.165) is 11.1 Å². The average Bonchev–Trinajstić information content (AvgIpc) is 3.10. The molecule has 4 rings (SSSR count). The zero-order valence-electron chi connectivity index (χ0n) is 16.9. The Kier molecular flexibility index (Phi) is 5.99. The number of carbonyl (C=O) groups is 3. The van der Waals surface area contributed by atoms with E-state index >= 15 is 0 Å². The maximum Gasteiger partial charge on any atom is 0.334 e. The predicted octanol–water partition coefficient (Wildman–Crippen LogP) is 2.26. The average molecular weight is 439 g/mol. The molecule has 0 radical (unpaired) electrons. The third-order valence-electron chi connectivity index (χ3n) is 5.22. The summed E-state index contributed by atoms with van der Waals surface area (Å²) in [5.41, 5.74) is 1.68. The number of hydrogen-bond donors (Lipinski definition) is 1. The maximum absolute atomic E-state index is 12.7. The predicted molar refractivity (Wildman–Crippen MR) is 116 cm³/mol. The number of fused-ring (bicyclic) bond motifs is 1. The molecule has 7 nitrogen and oxygen atoms in total. The highest BCUT2D eigenvalue weighted by Crippen LogP contribution is 2.46. The van der Waals surface area contributed by atoms with Crippen LogP contribution >= 0.6 is 11.8 Å². The van der Waals surface area contributed by atoms with Gasteiger partial charge in [-0.3, -0.25) is 9.59 Å². The Bertz CT molecular complexity index is 1010. The van der Waals surface area contributed by atoms with E-state index < -0.39 is 18.1 Å². The number of methoxy groups -OCH3 is 1. The fraction of sp³-hybridized carbons (Fsp3) is 0.261. The summed E-state index contributed by atoms with van der Waals surface area (Å²) < 4.78 is 10.5. The molecule has 31 heavy (non-hydrogen) atoms. The summed E-state index contributed by atoms with van der Waals surface area (Å²) in [6, 6.07) is 15.0. The Balaban J connectivity index is 1.33. The van der Waals surface area contributed by atoms with Gasteiger partial charge in [-0.15, -0.1) is 11.8 Å². The second-order valence-corrected chi connectivity index (χ2v) is 8.53. The third-order valence-corrected chi connectivity index (χ3v) is 6.49. The number of nitrogens with zero attached hydrogens (tertiary/aromatic N) is 1. The lowest BCUT2D eigenvalue weighted by Crippen LogP contribution is -2.70. The first kappa shape index (κ1) is 21.0. The number of nitrogens with one attached hydrogen (secondary N) is 1. The van der Waals surface area contributed by atoms with E-state index in [1.165, 1.54) is 16.7 Å².